The van der Waals surface area contributed by atoms with E-state index in [4.69, 9.17) is 0 Å². The maximum Gasteiger partial charge on any atom is 0.0585 e. The van der Waals surface area contributed by atoms with Gasteiger partial charge in [-0.1, -0.05) is 0 Å². The minimum atomic E-state index is 0.697. The SMILES string of the molecule is Cc1ccncc1N1CC2CC1CN2. The summed E-state index contributed by atoms with van der Waals surface area (Å²) in [6.07, 6.45) is 5.16. The van der Waals surface area contributed by atoms with Crippen molar-refractivity contribution < 1.29 is 0 Å². The van der Waals surface area contributed by atoms with Crippen LogP contribution in [0.5, 0.6) is 0 Å². The van der Waals surface area contributed by atoms with Crippen molar-refractivity contribution in [2.75, 3.05) is 18.0 Å². The van der Waals surface area contributed by atoms with Crippen molar-refractivity contribution in [3.63, 3.8) is 0 Å². The molecule has 74 valence electrons. The van der Waals surface area contributed by atoms with Gasteiger partial charge < -0.3 is 10.2 Å². The second kappa shape index (κ2) is 2.95. The van der Waals surface area contributed by atoms with Gasteiger partial charge in [-0.15, -0.1) is 0 Å². The number of aromatic nitrogens is 1. The summed E-state index contributed by atoms with van der Waals surface area (Å²) in [6.45, 7) is 4.45. The van der Waals surface area contributed by atoms with Crippen LogP contribution in [0.1, 0.15) is 12.0 Å². The average Bonchev–Trinajstić information content (AvgIpc) is 2.79. The Morgan fingerprint density at radius 1 is 1.57 bits per heavy atom. The van der Waals surface area contributed by atoms with Gasteiger partial charge in [-0.25, -0.2) is 0 Å². The number of piperazine rings is 1. The van der Waals surface area contributed by atoms with E-state index in [2.05, 4.69) is 28.2 Å². The number of pyridine rings is 1. The Labute approximate surface area is 84.1 Å². The predicted octanol–water partition coefficient (Wildman–Crippen LogP) is 0.941. The van der Waals surface area contributed by atoms with E-state index in [0.717, 1.165) is 13.1 Å². The fraction of sp³-hybridized carbons (Fsp3) is 0.545. The van der Waals surface area contributed by atoms with Gasteiger partial charge >= 0.3 is 0 Å². The molecule has 14 heavy (non-hydrogen) atoms. The summed E-state index contributed by atoms with van der Waals surface area (Å²) in [5.74, 6) is 0. The minimum absolute atomic E-state index is 0.697. The largest absolute Gasteiger partial charge is 0.364 e. The van der Waals surface area contributed by atoms with E-state index >= 15 is 0 Å². The summed E-state index contributed by atoms with van der Waals surface area (Å²) < 4.78 is 0. The fourth-order valence-corrected chi connectivity index (χ4v) is 2.61. The number of aryl methyl sites for hydroxylation is 1. The van der Waals surface area contributed by atoms with Crippen LogP contribution in [0, 0.1) is 6.92 Å². The number of nitrogens with one attached hydrogen (secondary N) is 1. The van der Waals surface area contributed by atoms with E-state index in [1.54, 1.807) is 0 Å². The second-order valence-corrected chi connectivity index (χ2v) is 4.31. The Hall–Kier alpha value is -1.09. The van der Waals surface area contributed by atoms with E-state index in [-0.39, 0.29) is 0 Å². The third-order valence-corrected chi connectivity index (χ3v) is 3.38. The van der Waals surface area contributed by atoms with Crippen LogP contribution in [0.15, 0.2) is 18.5 Å². The Morgan fingerprint density at radius 3 is 3.14 bits per heavy atom. The predicted molar refractivity (Wildman–Crippen MR) is 56.5 cm³/mol. The molecule has 2 bridgehead atoms. The molecule has 0 amide bonds. The summed E-state index contributed by atoms with van der Waals surface area (Å²) in [5, 5.41) is 3.51. The molecule has 3 heteroatoms. The van der Waals surface area contributed by atoms with Crippen LogP contribution in [0.3, 0.4) is 0 Å². The molecule has 0 aliphatic carbocycles. The normalized spacial score (nSPS) is 29.9. The van der Waals surface area contributed by atoms with Crippen molar-refractivity contribution in [1.29, 1.82) is 0 Å². The number of hydrogen-bond acceptors (Lipinski definition) is 3. The molecule has 0 radical (unpaired) electrons. The fourth-order valence-electron chi connectivity index (χ4n) is 2.61. The number of hydrogen-bond donors (Lipinski definition) is 1. The molecular weight excluding hydrogens is 174 g/mol. The van der Waals surface area contributed by atoms with Crippen molar-refractivity contribution >= 4 is 5.69 Å². The first-order valence-corrected chi connectivity index (χ1v) is 5.25. The van der Waals surface area contributed by atoms with Crippen molar-refractivity contribution in [1.82, 2.24) is 10.3 Å². The zero-order valence-corrected chi connectivity index (χ0v) is 8.40. The molecule has 1 aromatic heterocycles. The molecule has 3 nitrogen and oxygen atoms in total. The van der Waals surface area contributed by atoms with E-state index < -0.39 is 0 Å². The van der Waals surface area contributed by atoms with E-state index in [0.29, 0.717) is 12.1 Å². The van der Waals surface area contributed by atoms with Crippen molar-refractivity contribution in [3.05, 3.63) is 24.0 Å². The second-order valence-electron chi connectivity index (χ2n) is 4.31. The Bertz CT molecular complexity index is 350. The van der Waals surface area contributed by atoms with Crippen LogP contribution in [0.25, 0.3) is 0 Å². The smallest absolute Gasteiger partial charge is 0.0585 e. The highest BCUT2D eigenvalue weighted by Gasteiger charge is 2.37. The molecule has 2 atom stereocenters. The zero-order valence-electron chi connectivity index (χ0n) is 8.40. The zero-order chi connectivity index (χ0) is 9.54. The molecule has 3 rings (SSSR count). The summed E-state index contributed by atoms with van der Waals surface area (Å²) >= 11 is 0. The standard InChI is InChI=1S/C11H15N3/c1-8-2-3-12-6-11(8)14-7-9-4-10(14)5-13-9/h2-3,6,9-10,13H,4-5,7H2,1H3. The topological polar surface area (TPSA) is 28.2 Å². The molecule has 0 saturated carbocycles. The first-order valence-electron chi connectivity index (χ1n) is 5.25. The highest BCUT2D eigenvalue weighted by atomic mass is 15.3. The number of nitrogens with zero attached hydrogens (tertiary/aromatic N) is 2. The molecule has 2 unspecified atom stereocenters. The summed E-state index contributed by atoms with van der Waals surface area (Å²) in [6, 6.07) is 3.50. The third-order valence-electron chi connectivity index (χ3n) is 3.38. The van der Waals surface area contributed by atoms with Gasteiger partial charge in [0.15, 0.2) is 0 Å². The summed E-state index contributed by atoms with van der Waals surface area (Å²) in [4.78, 5) is 6.72. The molecule has 2 aliphatic heterocycles. The average molecular weight is 189 g/mol. The van der Waals surface area contributed by atoms with Crippen LogP contribution in [-0.4, -0.2) is 30.2 Å². The molecular formula is C11H15N3. The first kappa shape index (κ1) is 8.24. The Morgan fingerprint density at radius 2 is 2.50 bits per heavy atom. The van der Waals surface area contributed by atoms with Crippen LogP contribution < -0.4 is 10.2 Å². The van der Waals surface area contributed by atoms with Gasteiger partial charge in [-0.2, -0.15) is 0 Å². The Kier molecular flexibility index (Phi) is 1.74. The third kappa shape index (κ3) is 1.12. The summed E-state index contributed by atoms with van der Waals surface area (Å²) in [5.41, 5.74) is 2.66. The lowest BCUT2D eigenvalue weighted by atomic mass is 10.2. The Balaban J connectivity index is 1.93. The van der Waals surface area contributed by atoms with Crippen molar-refractivity contribution in [2.24, 2.45) is 0 Å². The maximum atomic E-state index is 4.21. The molecule has 2 aliphatic rings. The quantitative estimate of drug-likeness (QED) is 0.712. The van der Waals surface area contributed by atoms with E-state index in [1.807, 2.05) is 12.4 Å². The maximum absolute atomic E-state index is 4.21. The van der Waals surface area contributed by atoms with Gasteiger partial charge in [-0.3, -0.25) is 4.98 Å². The van der Waals surface area contributed by atoms with Crippen LogP contribution >= 0.6 is 0 Å². The van der Waals surface area contributed by atoms with Crippen LogP contribution in [0.2, 0.25) is 0 Å². The molecule has 2 fully saturated rings. The highest BCUT2D eigenvalue weighted by molar-refractivity contribution is 5.53. The van der Waals surface area contributed by atoms with Gasteiger partial charge in [0.05, 0.1) is 11.9 Å². The van der Waals surface area contributed by atoms with Crippen molar-refractivity contribution in [3.8, 4) is 0 Å². The van der Waals surface area contributed by atoms with E-state index in [9.17, 15) is 0 Å². The van der Waals surface area contributed by atoms with Gasteiger partial charge in [0.2, 0.25) is 0 Å². The lowest BCUT2D eigenvalue weighted by molar-refractivity contribution is 0.579. The van der Waals surface area contributed by atoms with Crippen LogP contribution in [-0.2, 0) is 0 Å². The van der Waals surface area contributed by atoms with Crippen LogP contribution in [0.4, 0.5) is 5.69 Å². The summed E-state index contributed by atoms with van der Waals surface area (Å²) in [7, 11) is 0. The highest BCUT2D eigenvalue weighted by Crippen LogP contribution is 2.30. The monoisotopic (exact) mass is 189 g/mol. The van der Waals surface area contributed by atoms with Gasteiger partial charge in [0.1, 0.15) is 0 Å². The van der Waals surface area contributed by atoms with Gasteiger partial charge in [0.25, 0.3) is 0 Å². The van der Waals surface area contributed by atoms with Crippen molar-refractivity contribution in [2.45, 2.75) is 25.4 Å². The number of rotatable bonds is 1. The van der Waals surface area contributed by atoms with Gasteiger partial charge in [-0.05, 0) is 25.0 Å². The lowest BCUT2D eigenvalue weighted by Gasteiger charge is -2.30. The molecule has 0 aromatic carbocycles. The first-order chi connectivity index (χ1) is 6.84. The van der Waals surface area contributed by atoms with Gasteiger partial charge in [0, 0.05) is 31.4 Å². The van der Waals surface area contributed by atoms with E-state index in [1.165, 1.54) is 17.7 Å². The lowest BCUT2D eigenvalue weighted by Crippen LogP contribution is -2.43. The molecule has 2 saturated heterocycles. The number of anilines is 1. The minimum Gasteiger partial charge on any atom is -0.364 e. The molecule has 1 aromatic rings. The molecule has 0 spiro atoms. The molecule has 1 N–H and O–H groups in total. The molecule has 3 heterocycles. The number of fused-ring (bicyclic) bond motifs is 2.